The predicted molar refractivity (Wildman–Crippen MR) is 43.8 cm³/mol. The Labute approximate surface area is 68.2 Å². The molecule has 0 bridgehead atoms. The van der Waals surface area contributed by atoms with Gasteiger partial charge in [0, 0.05) is 14.1 Å². The Kier molecular flexibility index (Phi) is 1.27. The maximum atomic E-state index is 11.4. The minimum absolute atomic E-state index is 0.111. The van der Waals surface area contributed by atoms with Gasteiger partial charge >= 0.3 is 0 Å². The molecule has 0 radical (unpaired) electrons. The van der Waals surface area contributed by atoms with Gasteiger partial charge in [0.25, 0.3) is 5.56 Å². The molecule has 2 aromatic heterocycles. The summed E-state index contributed by atoms with van der Waals surface area (Å²) in [5.41, 5.74) is 0.652. The predicted octanol–water partition coefficient (Wildman–Crippen LogP) is -0.333. The van der Waals surface area contributed by atoms with Crippen molar-refractivity contribution in [2.45, 2.75) is 0 Å². The molecule has 0 fully saturated rings. The highest BCUT2D eigenvalue weighted by Crippen LogP contribution is 2.03. The van der Waals surface area contributed by atoms with Crippen LogP contribution in [0.5, 0.6) is 0 Å². The van der Waals surface area contributed by atoms with Crippen molar-refractivity contribution in [3.05, 3.63) is 22.7 Å². The van der Waals surface area contributed by atoms with Crippen LogP contribution in [0.15, 0.2) is 17.2 Å². The normalized spacial score (nSPS) is 10.8. The summed E-state index contributed by atoms with van der Waals surface area (Å²) >= 11 is 0. The second-order valence-corrected chi connectivity index (χ2v) is 2.64. The Morgan fingerprint density at radius 2 is 1.83 bits per heavy atom. The first-order valence-corrected chi connectivity index (χ1v) is 3.54. The number of aromatic nitrogens is 4. The van der Waals surface area contributed by atoms with Crippen LogP contribution in [0.3, 0.4) is 0 Å². The Morgan fingerprint density at radius 1 is 1.17 bits per heavy atom. The van der Waals surface area contributed by atoms with Gasteiger partial charge < -0.3 is 0 Å². The van der Waals surface area contributed by atoms with Crippen LogP contribution in [-0.4, -0.2) is 19.6 Å². The number of hydrogen-bond acceptors (Lipinski definition) is 3. The first-order valence-electron chi connectivity index (χ1n) is 3.54. The molecule has 0 unspecified atom stereocenters. The lowest BCUT2D eigenvalue weighted by molar-refractivity contribution is 0.713. The third-order valence-electron chi connectivity index (χ3n) is 1.86. The van der Waals surface area contributed by atoms with Crippen molar-refractivity contribution in [2.24, 2.45) is 14.1 Å². The summed E-state index contributed by atoms with van der Waals surface area (Å²) in [6.45, 7) is 0. The minimum atomic E-state index is -0.111. The van der Waals surface area contributed by atoms with Crippen LogP contribution in [0.1, 0.15) is 0 Å². The van der Waals surface area contributed by atoms with E-state index in [1.807, 2.05) is 0 Å². The molecule has 0 saturated heterocycles. The highest BCUT2D eigenvalue weighted by atomic mass is 16.1. The van der Waals surface area contributed by atoms with E-state index < -0.39 is 0 Å². The number of nitrogens with zero attached hydrogens (tertiary/aromatic N) is 4. The van der Waals surface area contributed by atoms with Gasteiger partial charge in [-0.3, -0.25) is 9.48 Å². The average Bonchev–Trinajstić information content (AvgIpc) is 2.41. The summed E-state index contributed by atoms with van der Waals surface area (Å²) in [5.74, 6) is 0. The van der Waals surface area contributed by atoms with Crippen molar-refractivity contribution in [1.29, 1.82) is 0 Å². The summed E-state index contributed by atoms with van der Waals surface area (Å²) in [6.07, 6.45) is 3.18. The van der Waals surface area contributed by atoms with E-state index in [9.17, 15) is 4.79 Å². The maximum Gasteiger partial charge on any atom is 0.277 e. The number of hydrogen-bond donors (Lipinski definition) is 0. The molecule has 0 N–H and O–H groups in total. The molecule has 62 valence electrons. The van der Waals surface area contributed by atoms with E-state index in [0.29, 0.717) is 5.39 Å². The average molecular weight is 164 g/mol. The van der Waals surface area contributed by atoms with Gasteiger partial charge in [0.15, 0.2) is 0 Å². The van der Waals surface area contributed by atoms with Gasteiger partial charge in [-0.2, -0.15) is 10.2 Å². The van der Waals surface area contributed by atoms with Crippen molar-refractivity contribution >= 4 is 10.9 Å². The van der Waals surface area contributed by atoms with Crippen molar-refractivity contribution in [2.75, 3.05) is 0 Å². The third-order valence-corrected chi connectivity index (χ3v) is 1.86. The quantitative estimate of drug-likeness (QED) is 0.535. The van der Waals surface area contributed by atoms with E-state index in [0.717, 1.165) is 5.52 Å². The van der Waals surface area contributed by atoms with Crippen LogP contribution in [-0.2, 0) is 14.1 Å². The lowest BCUT2D eigenvalue weighted by Crippen LogP contribution is -2.18. The summed E-state index contributed by atoms with van der Waals surface area (Å²) in [6, 6.07) is 0. The Morgan fingerprint density at radius 3 is 2.58 bits per heavy atom. The molecular formula is C7H8N4O. The van der Waals surface area contributed by atoms with Gasteiger partial charge in [0.05, 0.1) is 23.3 Å². The largest absolute Gasteiger partial charge is 0.277 e. The van der Waals surface area contributed by atoms with Crippen LogP contribution in [0.4, 0.5) is 0 Å². The van der Waals surface area contributed by atoms with E-state index in [2.05, 4.69) is 10.2 Å². The maximum absolute atomic E-state index is 11.4. The fourth-order valence-corrected chi connectivity index (χ4v) is 1.13. The van der Waals surface area contributed by atoms with Gasteiger partial charge in [-0.25, -0.2) is 4.68 Å². The summed E-state index contributed by atoms with van der Waals surface area (Å²) in [7, 11) is 3.40. The summed E-state index contributed by atoms with van der Waals surface area (Å²) in [4.78, 5) is 11.4. The third kappa shape index (κ3) is 0.761. The van der Waals surface area contributed by atoms with E-state index in [4.69, 9.17) is 0 Å². The molecule has 5 heteroatoms. The molecule has 0 amide bonds. The second-order valence-electron chi connectivity index (χ2n) is 2.64. The van der Waals surface area contributed by atoms with Crippen molar-refractivity contribution in [3.8, 4) is 0 Å². The molecule has 0 aromatic carbocycles. The fraction of sp³-hybridized carbons (Fsp3) is 0.286. The molecule has 2 rings (SSSR count). The molecule has 5 nitrogen and oxygen atoms in total. The highest BCUT2D eigenvalue weighted by Gasteiger charge is 2.04. The highest BCUT2D eigenvalue weighted by molar-refractivity contribution is 5.76. The van der Waals surface area contributed by atoms with Gasteiger partial charge in [0.1, 0.15) is 0 Å². The Balaban J connectivity index is 3.03. The van der Waals surface area contributed by atoms with Crippen molar-refractivity contribution in [1.82, 2.24) is 19.6 Å². The van der Waals surface area contributed by atoms with Crippen LogP contribution < -0.4 is 5.56 Å². The molecule has 2 aromatic rings. The topological polar surface area (TPSA) is 52.7 Å². The van der Waals surface area contributed by atoms with Crippen LogP contribution in [0.25, 0.3) is 10.9 Å². The SMILES string of the molecule is Cn1ncc2c(cnn2C)c1=O. The standard InChI is InChI=1S/C7H8N4O/c1-10-6-4-9-11(2)7(12)5(6)3-8-10/h3-4H,1-2H3. The van der Waals surface area contributed by atoms with Gasteiger partial charge in [-0.1, -0.05) is 0 Å². The van der Waals surface area contributed by atoms with Crippen molar-refractivity contribution < 1.29 is 0 Å². The smallest absolute Gasteiger partial charge is 0.267 e. The van der Waals surface area contributed by atoms with E-state index in [1.54, 1.807) is 31.2 Å². The lowest BCUT2D eigenvalue weighted by Gasteiger charge is -1.95. The first-order chi connectivity index (χ1) is 5.70. The van der Waals surface area contributed by atoms with Crippen LogP contribution in [0, 0.1) is 0 Å². The molecule has 2 heterocycles. The van der Waals surface area contributed by atoms with E-state index in [1.165, 1.54) is 4.68 Å². The summed E-state index contributed by atoms with van der Waals surface area (Å²) < 4.78 is 2.92. The molecule has 0 spiro atoms. The minimum Gasteiger partial charge on any atom is -0.267 e. The van der Waals surface area contributed by atoms with E-state index >= 15 is 0 Å². The van der Waals surface area contributed by atoms with Crippen LogP contribution in [0.2, 0.25) is 0 Å². The van der Waals surface area contributed by atoms with Crippen LogP contribution >= 0.6 is 0 Å². The molecule has 0 aliphatic heterocycles. The number of fused-ring (bicyclic) bond motifs is 1. The Hall–Kier alpha value is -1.65. The number of rotatable bonds is 0. The van der Waals surface area contributed by atoms with Gasteiger partial charge in [-0.15, -0.1) is 0 Å². The molecule has 0 aliphatic rings. The molecule has 0 atom stereocenters. The number of aryl methyl sites for hydroxylation is 2. The monoisotopic (exact) mass is 164 g/mol. The van der Waals surface area contributed by atoms with Gasteiger partial charge in [-0.05, 0) is 0 Å². The zero-order chi connectivity index (χ0) is 8.72. The molecule has 0 aliphatic carbocycles. The fourth-order valence-electron chi connectivity index (χ4n) is 1.13. The lowest BCUT2D eigenvalue weighted by atomic mass is 10.4. The molecule has 0 saturated carbocycles. The molecular weight excluding hydrogens is 156 g/mol. The second kappa shape index (κ2) is 2.17. The Bertz CT molecular complexity index is 482. The zero-order valence-electron chi connectivity index (χ0n) is 6.85. The van der Waals surface area contributed by atoms with Crippen molar-refractivity contribution in [3.63, 3.8) is 0 Å². The molecule has 12 heavy (non-hydrogen) atoms. The van der Waals surface area contributed by atoms with E-state index in [-0.39, 0.29) is 5.56 Å². The van der Waals surface area contributed by atoms with Gasteiger partial charge in [0.2, 0.25) is 0 Å². The zero-order valence-corrected chi connectivity index (χ0v) is 6.85. The first kappa shape index (κ1) is 7.02. The summed E-state index contributed by atoms with van der Waals surface area (Å²) in [5, 5.41) is 8.45.